The second-order valence-corrected chi connectivity index (χ2v) is 3.91. The van der Waals surface area contributed by atoms with E-state index >= 15 is 0 Å². The van der Waals surface area contributed by atoms with Crippen molar-refractivity contribution in [2.75, 3.05) is 0 Å². The van der Waals surface area contributed by atoms with Crippen molar-refractivity contribution in [2.45, 2.75) is 33.2 Å². The number of hydrogen-bond donors (Lipinski definition) is 1. The Kier molecular flexibility index (Phi) is 4.28. The van der Waals surface area contributed by atoms with Crippen LogP contribution in [0.4, 0.5) is 0 Å². The summed E-state index contributed by atoms with van der Waals surface area (Å²) >= 11 is 0. The molecule has 0 aliphatic heterocycles. The molecule has 1 atom stereocenters. The molecule has 1 N–H and O–H groups in total. The Morgan fingerprint density at radius 1 is 1.53 bits per heavy atom. The molecule has 0 saturated heterocycles. The summed E-state index contributed by atoms with van der Waals surface area (Å²) in [5.41, 5.74) is 1.06. The minimum absolute atomic E-state index is 0.0238. The first kappa shape index (κ1) is 11.7. The predicted molar refractivity (Wildman–Crippen MR) is 60.2 cm³/mol. The molecule has 1 rings (SSSR count). The van der Waals surface area contributed by atoms with E-state index in [9.17, 15) is 4.79 Å². The molecule has 15 heavy (non-hydrogen) atoms. The molecule has 0 aromatic carbocycles. The maximum atomic E-state index is 11.6. The number of amides is 1. The maximum absolute atomic E-state index is 11.6. The third-order valence-electron chi connectivity index (χ3n) is 2.34. The molecule has 3 heteroatoms. The van der Waals surface area contributed by atoms with E-state index in [1.54, 1.807) is 12.4 Å². The lowest BCUT2D eigenvalue weighted by Crippen LogP contribution is -2.31. The number of carbonyl (C=O) groups is 1. The van der Waals surface area contributed by atoms with Gasteiger partial charge >= 0.3 is 0 Å². The van der Waals surface area contributed by atoms with E-state index in [0.717, 1.165) is 12.0 Å². The van der Waals surface area contributed by atoms with Crippen molar-refractivity contribution < 1.29 is 4.79 Å². The van der Waals surface area contributed by atoms with Gasteiger partial charge < -0.3 is 5.32 Å². The van der Waals surface area contributed by atoms with Crippen LogP contribution in [0, 0.1) is 5.92 Å². The lowest BCUT2D eigenvalue weighted by atomic mass is 10.1. The van der Waals surface area contributed by atoms with Crippen LogP contribution < -0.4 is 5.32 Å². The van der Waals surface area contributed by atoms with Crippen LogP contribution in [0.1, 0.15) is 38.8 Å². The summed E-state index contributed by atoms with van der Waals surface area (Å²) in [5, 5.41) is 3.00. The predicted octanol–water partition coefficient (Wildman–Crippen LogP) is 2.30. The number of rotatable bonds is 4. The zero-order valence-electron chi connectivity index (χ0n) is 9.53. The molecule has 0 fully saturated rings. The van der Waals surface area contributed by atoms with Gasteiger partial charge in [-0.2, -0.15) is 0 Å². The SMILES string of the molecule is CCC(NC(=O)C(C)C)c1cccnc1. The van der Waals surface area contributed by atoms with Gasteiger partial charge in [-0.3, -0.25) is 9.78 Å². The molecular formula is C12H18N2O. The molecule has 82 valence electrons. The molecule has 1 unspecified atom stereocenters. The molecule has 0 radical (unpaired) electrons. The molecule has 3 nitrogen and oxygen atoms in total. The summed E-state index contributed by atoms with van der Waals surface area (Å²) in [7, 11) is 0. The Labute approximate surface area is 90.9 Å². The average Bonchev–Trinajstić information content (AvgIpc) is 2.26. The second-order valence-electron chi connectivity index (χ2n) is 3.91. The number of pyridine rings is 1. The standard InChI is InChI=1S/C12H18N2O/c1-4-11(14-12(15)9(2)3)10-6-5-7-13-8-10/h5-9,11H,4H2,1-3H3,(H,14,15). The quantitative estimate of drug-likeness (QED) is 0.821. The van der Waals surface area contributed by atoms with Crippen molar-refractivity contribution in [3.05, 3.63) is 30.1 Å². The molecule has 0 aliphatic rings. The zero-order valence-corrected chi connectivity index (χ0v) is 9.53. The summed E-state index contributed by atoms with van der Waals surface area (Å²) < 4.78 is 0. The number of aromatic nitrogens is 1. The van der Waals surface area contributed by atoms with Crippen LogP contribution in [0.2, 0.25) is 0 Å². The minimum Gasteiger partial charge on any atom is -0.349 e. The summed E-state index contributed by atoms with van der Waals surface area (Å²) in [6, 6.07) is 3.95. The highest BCUT2D eigenvalue weighted by Gasteiger charge is 2.14. The van der Waals surface area contributed by atoms with Crippen molar-refractivity contribution in [3.63, 3.8) is 0 Å². The van der Waals surface area contributed by atoms with E-state index in [-0.39, 0.29) is 17.9 Å². The lowest BCUT2D eigenvalue weighted by molar-refractivity contribution is -0.124. The number of nitrogens with one attached hydrogen (secondary N) is 1. The van der Waals surface area contributed by atoms with Crippen molar-refractivity contribution >= 4 is 5.91 Å². The third-order valence-corrected chi connectivity index (χ3v) is 2.34. The minimum atomic E-state index is 0.0238. The number of hydrogen-bond acceptors (Lipinski definition) is 2. The second kappa shape index (κ2) is 5.49. The van der Waals surface area contributed by atoms with Crippen LogP contribution in [0.25, 0.3) is 0 Å². The van der Waals surface area contributed by atoms with Crippen LogP contribution in [-0.4, -0.2) is 10.9 Å². The Morgan fingerprint density at radius 3 is 2.73 bits per heavy atom. The molecule has 1 amide bonds. The molecule has 0 bridgehead atoms. The van der Waals surface area contributed by atoms with Crippen LogP contribution in [0.3, 0.4) is 0 Å². The van der Waals surface area contributed by atoms with Crippen LogP contribution >= 0.6 is 0 Å². The molecule has 1 heterocycles. The van der Waals surface area contributed by atoms with E-state index in [4.69, 9.17) is 0 Å². The van der Waals surface area contributed by atoms with Gasteiger partial charge in [0.25, 0.3) is 0 Å². The molecule has 0 spiro atoms. The smallest absolute Gasteiger partial charge is 0.223 e. The molecule has 1 aromatic rings. The van der Waals surface area contributed by atoms with Crippen LogP contribution in [0.5, 0.6) is 0 Å². The zero-order chi connectivity index (χ0) is 11.3. The summed E-state index contributed by atoms with van der Waals surface area (Å²) in [5.74, 6) is 0.112. The Bertz CT molecular complexity index is 309. The molecule has 1 aromatic heterocycles. The highest BCUT2D eigenvalue weighted by atomic mass is 16.1. The van der Waals surface area contributed by atoms with Gasteiger partial charge in [-0.1, -0.05) is 26.8 Å². The Balaban J connectivity index is 2.69. The average molecular weight is 206 g/mol. The normalized spacial score (nSPS) is 12.5. The first-order valence-corrected chi connectivity index (χ1v) is 5.35. The van der Waals surface area contributed by atoms with Gasteiger partial charge in [0.2, 0.25) is 5.91 Å². The topological polar surface area (TPSA) is 42.0 Å². The number of nitrogens with zero attached hydrogens (tertiary/aromatic N) is 1. The highest BCUT2D eigenvalue weighted by molar-refractivity contribution is 5.78. The fourth-order valence-corrected chi connectivity index (χ4v) is 1.34. The van der Waals surface area contributed by atoms with Crippen molar-refractivity contribution in [2.24, 2.45) is 5.92 Å². The van der Waals surface area contributed by atoms with Crippen molar-refractivity contribution in [3.8, 4) is 0 Å². The van der Waals surface area contributed by atoms with E-state index in [1.165, 1.54) is 0 Å². The Hall–Kier alpha value is -1.38. The van der Waals surface area contributed by atoms with Gasteiger partial charge in [0.15, 0.2) is 0 Å². The molecule has 0 aliphatic carbocycles. The van der Waals surface area contributed by atoms with Crippen LogP contribution in [0.15, 0.2) is 24.5 Å². The van der Waals surface area contributed by atoms with E-state index in [1.807, 2.05) is 26.0 Å². The number of carbonyl (C=O) groups excluding carboxylic acids is 1. The van der Waals surface area contributed by atoms with Gasteiger partial charge in [-0.05, 0) is 18.1 Å². The maximum Gasteiger partial charge on any atom is 0.223 e. The van der Waals surface area contributed by atoms with Gasteiger partial charge in [0.1, 0.15) is 0 Å². The van der Waals surface area contributed by atoms with Gasteiger partial charge in [0.05, 0.1) is 6.04 Å². The molecule has 0 saturated carbocycles. The highest BCUT2D eigenvalue weighted by Crippen LogP contribution is 2.15. The van der Waals surface area contributed by atoms with Gasteiger partial charge in [-0.15, -0.1) is 0 Å². The van der Waals surface area contributed by atoms with Crippen molar-refractivity contribution in [1.29, 1.82) is 0 Å². The lowest BCUT2D eigenvalue weighted by Gasteiger charge is -2.18. The summed E-state index contributed by atoms with van der Waals surface area (Å²) in [6.07, 6.45) is 4.42. The van der Waals surface area contributed by atoms with Gasteiger partial charge in [0, 0.05) is 18.3 Å². The summed E-state index contributed by atoms with van der Waals surface area (Å²) in [6.45, 7) is 5.84. The fraction of sp³-hybridized carbons (Fsp3) is 0.500. The Morgan fingerprint density at radius 2 is 2.27 bits per heavy atom. The first-order valence-electron chi connectivity index (χ1n) is 5.35. The fourth-order valence-electron chi connectivity index (χ4n) is 1.34. The van der Waals surface area contributed by atoms with E-state index in [2.05, 4.69) is 17.2 Å². The van der Waals surface area contributed by atoms with E-state index in [0.29, 0.717) is 0 Å². The van der Waals surface area contributed by atoms with E-state index < -0.39 is 0 Å². The molecular weight excluding hydrogens is 188 g/mol. The largest absolute Gasteiger partial charge is 0.349 e. The van der Waals surface area contributed by atoms with Gasteiger partial charge in [-0.25, -0.2) is 0 Å². The monoisotopic (exact) mass is 206 g/mol. The third kappa shape index (κ3) is 3.35. The first-order chi connectivity index (χ1) is 7.15. The van der Waals surface area contributed by atoms with Crippen LogP contribution in [-0.2, 0) is 4.79 Å². The summed E-state index contributed by atoms with van der Waals surface area (Å²) in [4.78, 5) is 15.6. The van der Waals surface area contributed by atoms with Crippen molar-refractivity contribution in [1.82, 2.24) is 10.3 Å².